The van der Waals surface area contributed by atoms with Gasteiger partial charge >= 0.3 is 5.97 Å². The van der Waals surface area contributed by atoms with Crippen molar-refractivity contribution in [3.8, 4) is 11.5 Å². The Morgan fingerprint density at radius 3 is 2.48 bits per heavy atom. The van der Waals surface area contributed by atoms with Gasteiger partial charge < -0.3 is 24.6 Å². The number of methoxy groups -OCH3 is 2. The quantitative estimate of drug-likeness (QED) is 0.450. The molecular formula is C20H27N2O7+. The topological polar surface area (TPSA) is 119 Å². The van der Waals surface area contributed by atoms with Gasteiger partial charge in [-0.25, -0.2) is 4.79 Å². The van der Waals surface area contributed by atoms with Crippen LogP contribution in [0.5, 0.6) is 11.5 Å². The lowest BCUT2D eigenvalue weighted by molar-refractivity contribution is -0.735. The number of nitrogens with zero attached hydrogens (tertiary/aromatic N) is 1. The van der Waals surface area contributed by atoms with Crippen molar-refractivity contribution >= 4 is 17.8 Å². The zero-order chi connectivity index (χ0) is 21.3. The molecule has 1 aromatic rings. The van der Waals surface area contributed by atoms with Gasteiger partial charge in [0.05, 0.1) is 26.4 Å². The highest BCUT2D eigenvalue weighted by molar-refractivity contribution is 6.08. The highest BCUT2D eigenvalue weighted by Crippen LogP contribution is 2.46. The standard InChI is InChI=1S/C20H26N2O7/c1-5-22-17(24)14-15(18(22)25)20(10-23,19(26)29-6-2)21-16(14)12-9-11(27-3)7-8-13(12)28-4/h7-9,14-16,21,23H,5-6,10H2,1-4H3/p+1/t14-,15+,16-,20-/m1/s1. The smallest absolute Gasteiger partial charge is 0.371 e. The van der Waals surface area contributed by atoms with E-state index in [0.717, 1.165) is 4.90 Å². The summed E-state index contributed by atoms with van der Waals surface area (Å²) >= 11 is 0. The number of nitrogens with two attached hydrogens (primary N) is 1. The van der Waals surface area contributed by atoms with E-state index in [0.29, 0.717) is 17.1 Å². The maximum Gasteiger partial charge on any atom is 0.371 e. The maximum atomic E-state index is 13.1. The summed E-state index contributed by atoms with van der Waals surface area (Å²) in [5, 5.41) is 11.8. The summed E-state index contributed by atoms with van der Waals surface area (Å²) in [6, 6.07) is 4.52. The largest absolute Gasteiger partial charge is 0.497 e. The summed E-state index contributed by atoms with van der Waals surface area (Å²) in [6.45, 7) is 3.01. The number of fused-ring (bicyclic) bond motifs is 1. The molecule has 9 nitrogen and oxygen atoms in total. The van der Waals surface area contributed by atoms with Gasteiger partial charge in [0, 0.05) is 6.54 Å². The van der Waals surface area contributed by atoms with Gasteiger partial charge in [0.2, 0.25) is 17.4 Å². The van der Waals surface area contributed by atoms with Gasteiger partial charge in [0.1, 0.15) is 36.0 Å². The third kappa shape index (κ3) is 3.05. The number of rotatable bonds is 7. The van der Waals surface area contributed by atoms with Gasteiger partial charge in [-0.1, -0.05) is 0 Å². The van der Waals surface area contributed by atoms with E-state index >= 15 is 0 Å². The van der Waals surface area contributed by atoms with Crippen LogP contribution in [0, 0.1) is 11.8 Å². The van der Waals surface area contributed by atoms with Gasteiger partial charge in [0.15, 0.2) is 0 Å². The molecule has 4 atom stereocenters. The van der Waals surface area contributed by atoms with E-state index in [9.17, 15) is 19.5 Å². The predicted octanol–water partition coefficient (Wildman–Crippen LogP) is -0.763. The van der Waals surface area contributed by atoms with E-state index in [2.05, 4.69) is 0 Å². The van der Waals surface area contributed by atoms with E-state index < -0.39 is 41.9 Å². The van der Waals surface area contributed by atoms with Gasteiger partial charge in [-0.15, -0.1) is 0 Å². The van der Waals surface area contributed by atoms with Crippen LogP contribution in [0.4, 0.5) is 0 Å². The van der Waals surface area contributed by atoms with Crippen molar-refractivity contribution < 1.29 is 39.0 Å². The monoisotopic (exact) mass is 407 g/mol. The second-order valence-electron chi connectivity index (χ2n) is 7.14. The summed E-state index contributed by atoms with van der Waals surface area (Å²) in [5.41, 5.74) is -0.989. The SMILES string of the molecule is CCOC(=O)[C@]1(CO)[NH2+][C@H](c2cc(OC)ccc2OC)[C@@H]2C(=O)N(CC)C(=O)[C@H]21. The first-order valence-electron chi connectivity index (χ1n) is 9.61. The van der Waals surface area contributed by atoms with Crippen LogP contribution >= 0.6 is 0 Å². The van der Waals surface area contributed by atoms with E-state index in [1.165, 1.54) is 14.2 Å². The lowest BCUT2D eigenvalue weighted by atomic mass is 9.79. The van der Waals surface area contributed by atoms with Crippen LogP contribution in [-0.2, 0) is 19.1 Å². The molecule has 0 aromatic heterocycles. The summed E-state index contributed by atoms with van der Waals surface area (Å²) in [6.07, 6.45) is 0. The fraction of sp³-hybridized carbons (Fsp3) is 0.550. The van der Waals surface area contributed by atoms with Crippen molar-refractivity contribution in [2.45, 2.75) is 25.4 Å². The maximum absolute atomic E-state index is 13.1. The summed E-state index contributed by atoms with van der Waals surface area (Å²) < 4.78 is 16.0. The van der Waals surface area contributed by atoms with Gasteiger partial charge in [0.25, 0.3) is 0 Å². The molecule has 0 radical (unpaired) electrons. The van der Waals surface area contributed by atoms with Crippen molar-refractivity contribution in [3.63, 3.8) is 0 Å². The first-order valence-corrected chi connectivity index (χ1v) is 9.61. The van der Waals surface area contributed by atoms with E-state index in [1.807, 2.05) is 0 Å². The zero-order valence-electron chi connectivity index (χ0n) is 17.0. The molecule has 0 bridgehead atoms. The Hall–Kier alpha value is -2.65. The Bertz CT molecular complexity index is 827. The normalized spacial score (nSPS) is 28.4. The summed E-state index contributed by atoms with van der Waals surface area (Å²) in [4.78, 5) is 40.2. The summed E-state index contributed by atoms with van der Waals surface area (Å²) in [7, 11) is 3.02. The molecule has 3 rings (SSSR count). The lowest BCUT2D eigenvalue weighted by Gasteiger charge is -2.27. The zero-order valence-corrected chi connectivity index (χ0v) is 17.0. The van der Waals surface area contributed by atoms with Crippen LogP contribution in [0.2, 0.25) is 0 Å². The molecule has 158 valence electrons. The number of quaternary nitrogens is 1. The van der Waals surface area contributed by atoms with Crippen molar-refractivity contribution in [1.29, 1.82) is 0 Å². The van der Waals surface area contributed by atoms with Crippen LogP contribution in [-0.4, -0.2) is 67.3 Å². The Labute approximate surface area is 168 Å². The second-order valence-corrected chi connectivity index (χ2v) is 7.14. The second kappa shape index (κ2) is 8.00. The molecule has 0 aliphatic carbocycles. The van der Waals surface area contributed by atoms with E-state index in [-0.39, 0.29) is 19.1 Å². The molecule has 2 amide bonds. The number of aliphatic hydroxyl groups is 1. The average molecular weight is 407 g/mol. The fourth-order valence-electron chi connectivity index (χ4n) is 4.55. The van der Waals surface area contributed by atoms with Crippen LogP contribution in [0.15, 0.2) is 18.2 Å². The number of esters is 1. The minimum atomic E-state index is -1.60. The molecule has 2 fully saturated rings. The van der Waals surface area contributed by atoms with Crippen LogP contribution < -0.4 is 14.8 Å². The molecule has 9 heteroatoms. The number of carbonyl (C=O) groups excluding carboxylic acids is 3. The highest BCUT2D eigenvalue weighted by atomic mass is 16.5. The molecule has 2 heterocycles. The van der Waals surface area contributed by atoms with E-state index in [4.69, 9.17) is 14.2 Å². The van der Waals surface area contributed by atoms with Crippen molar-refractivity contribution in [3.05, 3.63) is 23.8 Å². The third-order valence-electron chi connectivity index (χ3n) is 5.89. The van der Waals surface area contributed by atoms with Crippen LogP contribution in [0.25, 0.3) is 0 Å². The van der Waals surface area contributed by atoms with Crippen molar-refractivity contribution in [1.82, 2.24) is 4.90 Å². The van der Waals surface area contributed by atoms with Gasteiger partial charge in [-0.2, -0.15) is 0 Å². The number of hydrogen-bond acceptors (Lipinski definition) is 7. The highest BCUT2D eigenvalue weighted by Gasteiger charge is 2.72. The fourth-order valence-corrected chi connectivity index (χ4v) is 4.55. The minimum Gasteiger partial charge on any atom is -0.497 e. The van der Waals surface area contributed by atoms with Crippen molar-refractivity contribution in [2.75, 3.05) is 34.0 Å². The van der Waals surface area contributed by atoms with Gasteiger partial charge in [-0.05, 0) is 32.0 Å². The number of carbonyl (C=O) groups is 3. The molecule has 0 saturated carbocycles. The third-order valence-corrected chi connectivity index (χ3v) is 5.89. The molecule has 2 aliphatic heterocycles. The number of likely N-dealkylation sites (tertiary alicyclic amines) is 1. The van der Waals surface area contributed by atoms with Crippen molar-refractivity contribution in [2.24, 2.45) is 11.8 Å². The van der Waals surface area contributed by atoms with Crippen LogP contribution in [0.1, 0.15) is 25.5 Å². The first kappa shape index (κ1) is 21.1. The van der Waals surface area contributed by atoms with E-state index in [1.54, 1.807) is 37.4 Å². The number of benzene rings is 1. The number of hydrogen-bond donors (Lipinski definition) is 2. The molecule has 3 N–H and O–H groups in total. The molecule has 2 aliphatic rings. The van der Waals surface area contributed by atoms with Crippen LogP contribution in [0.3, 0.4) is 0 Å². The molecule has 0 unspecified atom stereocenters. The first-order chi connectivity index (χ1) is 13.9. The Morgan fingerprint density at radius 2 is 1.93 bits per heavy atom. The lowest BCUT2D eigenvalue weighted by Crippen LogP contribution is -2.99. The molecular weight excluding hydrogens is 380 g/mol. The number of amides is 2. The molecule has 0 spiro atoms. The Balaban J connectivity index is 2.18. The minimum absolute atomic E-state index is 0.0958. The number of ether oxygens (including phenoxy) is 3. The Kier molecular flexibility index (Phi) is 5.81. The summed E-state index contributed by atoms with van der Waals surface area (Å²) in [5.74, 6) is -2.36. The molecule has 1 aromatic carbocycles. The van der Waals surface area contributed by atoms with Gasteiger partial charge in [-0.3, -0.25) is 14.5 Å². The molecule has 2 saturated heterocycles. The Morgan fingerprint density at radius 1 is 1.21 bits per heavy atom. The average Bonchev–Trinajstić information content (AvgIpc) is 3.21. The number of aliphatic hydroxyl groups excluding tert-OH is 1. The predicted molar refractivity (Wildman–Crippen MR) is 100 cm³/mol. The molecule has 29 heavy (non-hydrogen) atoms. The number of imide groups is 1.